The monoisotopic (exact) mass is 539 g/mol. The number of rotatable bonds is 5. The first-order valence-corrected chi connectivity index (χ1v) is 16.3. The molecule has 0 spiro atoms. The zero-order valence-corrected chi connectivity index (χ0v) is 17.5. The summed E-state index contributed by atoms with van der Waals surface area (Å²) in [5.74, 6) is 0. The van der Waals surface area contributed by atoms with Gasteiger partial charge >= 0.3 is 62.1 Å². The van der Waals surface area contributed by atoms with Crippen molar-refractivity contribution in [3.8, 4) is 0 Å². The van der Waals surface area contributed by atoms with Gasteiger partial charge in [-0.2, -0.15) is 0 Å². The van der Waals surface area contributed by atoms with E-state index in [2.05, 4.69) is 98.3 Å². The van der Waals surface area contributed by atoms with Gasteiger partial charge in [0.2, 0.25) is 6.33 Å². The second kappa shape index (κ2) is 10.4. The number of nitrogens with zero attached hydrogens (tertiary/aromatic N) is 2. The molecule has 2 nitrogen and oxygen atoms in total. The normalized spacial score (nSPS) is 11.9. The van der Waals surface area contributed by atoms with Gasteiger partial charge in [-0.05, 0) is 12.8 Å². The minimum atomic E-state index is -1.25. The van der Waals surface area contributed by atoms with Gasteiger partial charge in [-0.1, -0.05) is 19.8 Å². The molecule has 0 fully saturated rings. The Kier molecular flexibility index (Phi) is 11.5. The SMILES string of the molecule is CCCCCC[n+]1ccn(C)c1.[Br][Fe]([Br])([Br])[Br]. The van der Waals surface area contributed by atoms with E-state index in [1.807, 2.05) is 0 Å². The summed E-state index contributed by atoms with van der Waals surface area (Å²) in [5, 5.41) is 0. The third-order valence-electron chi connectivity index (χ3n) is 2.09. The number of aryl methyl sites for hydroxylation is 2. The zero-order chi connectivity index (χ0) is 13.3. The van der Waals surface area contributed by atoms with Crippen LogP contribution in [0.4, 0.5) is 0 Å². The fourth-order valence-corrected chi connectivity index (χ4v) is 1.36. The molecule has 0 aliphatic rings. The summed E-state index contributed by atoms with van der Waals surface area (Å²) in [5.41, 5.74) is -1.25. The van der Waals surface area contributed by atoms with Crippen molar-refractivity contribution < 1.29 is 10.2 Å². The first-order valence-electron chi connectivity index (χ1n) is 5.37. The topological polar surface area (TPSA) is 8.81 Å². The van der Waals surface area contributed by atoms with E-state index in [-0.39, 0.29) is 0 Å². The number of halogens is 4. The molecule has 1 heterocycles. The summed E-state index contributed by atoms with van der Waals surface area (Å²) in [6.07, 6.45) is 11.7. The van der Waals surface area contributed by atoms with Crippen LogP contribution in [0.15, 0.2) is 18.7 Å². The van der Waals surface area contributed by atoms with E-state index >= 15 is 0 Å². The second-order valence-corrected chi connectivity index (χ2v) is 37.1. The van der Waals surface area contributed by atoms with E-state index in [0.717, 1.165) is 0 Å². The van der Waals surface area contributed by atoms with Crippen molar-refractivity contribution in [3.05, 3.63) is 18.7 Å². The predicted octanol–water partition coefficient (Wildman–Crippen LogP) is 5.27. The molecule has 1 rings (SSSR count). The molecule has 0 radical (unpaired) electrons. The summed E-state index contributed by atoms with van der Waals surface area (Å²) in [6.45, 7) is 3.41. The fourth-order valence-electron chi connectivity index (χ4n) is 1.36. The Bertz CT molecular complexity index is 293. The van der Waals surface area contributed by atoms with E-state index in [0.29, 0.717) is 0 Å². The standard InChI is InChI=1S/C10H19N2.4BrH.Fe/c1-3-4-5-6-7-12-9-8-11(2)10-12;;;;;/h8-10H,3-7H2,1-2H3;4*1H;/q+1;;;;;+4/p-4. The number of hydrogen-bond acceptors (Lipinski definition) is 0. The van der Waals surface area contributed by atoms with E-state index in [1.54, 1.807) is 0 Å². The Labute approximate surface area is 135 Å². The van der Waals surface area contributed by atoms with E-state index in [1.165, 1.54) is 32.2 Å². The number of aromatic nitrogens is 2. The van der Waals surface area contributed by atoms with Crippen molar-refractivity contribution in [1.82, 2.24) is 4.57 Å². The molecule has 7 heteroatoms. The van der Waals surface area contributed by atoms with Gasteiger partial charge in [-0.25, -0.2) is 9.13 Å². The summed E-state index contributed by atoms with van der Waals surface area (Å²) in [4.78, 5) is 0. The first kappa shape index (κ1) is 18.6. The maximum atomic E-state index is 3.25. The first-order chi connectivity index (χ1) is 7.83. The molecule has 104 valence electrons. The van der Waals surface area contributed by atoms with Gasteiger partial charge in [0.15, 0.2) is 0 Å². The van der Waals surface area contributed by atoms with Crippen molar-refractivity contribution in [2.75, 3.05) is 0 Å². The molecule has 0 unspecified atom stereocenters. The van der Waals surface area contributed by atoms with E-state index < -0.39 is 5.61 Å². The molecule has 0 bridgehead atoms. The van der Waals surface area contributed by atoms with Gasteiger partial charge in [0.25, 0.3) is 0 Å². The summed E-state index contributed by atoms with van der Waals surface area (Å²) >= 11 is 13.0. The molecule has 0 saturated carbocycles. The zero-order valence-electron chi connectivity index (χ0n) is 10.0. The van der Waals surface area contributed by atoms with Gasteiger partial charge in [0.1, 0.15) is 12.4 Å². The Hall–Kier alpha value is 1.65. The number of hydrogen-bond donors (Lipinski definition) is 0. The Morgan fingerprint density at radius 3 is 2.12 bits per heavy atom. The van der Waals surface area contributed by atoms with Crippen LogP contribution in [0.5, 0.6) is 0 Å². The van der Waals surface area contributed by atoms with Crippen molar-refractivity contribution in [2.45, 2.75) is 39.2 Å². The van der Waals surface area contributed by atoms with E-state index in [4.69, 9.17) is 0 Å². The van der Waals surface area contributed by atoms with Gasteiger partial charge in [0.05, 0.1) is 13.6 Å². The van der Waals surface area contributed by atoms with Crippen molar-refractivity contribution >= 4 is 56.4 Å². The van der Waals surface area contributed by atoms with Crippen LogP contribution in [0.25, 0.3) is 0 Å². The van der Waals surface area contributed by atoms with Crippen LogP contribution in [-0.2, 0) is 19.2 Å². The minimum absolute atomic E-state index is 1.17. The van der Waals surface area contributed by atoms with Gasteiger partial charge in [0, 0.05) is 0 Å². The molecule has 0 saturated heterocycles. The number of unbranched alkanes of at least 4 members (excludes halogenated alkanes) is 3. The van der Waals surface area contributed by atoms with Crippen LogP contribution in [0, 0.1) is 0 Å². The van der Waals surface area contributed by atoms with Crippen LogP contribution in [0.2, 0.25) is 0 Å². The van der Waals surface area contributed by atoms with Gasteiger partial charge in [-0.15, -0.1) is 0 Å². The van der Waals surface area contributed by atoms with Crippen molar-refractivity contribution in [1.29, 1.82) is 0 Å². The maximum absolute atomic E-state index is 3.25. The molecule has 0 N–H and O–H groups in total. The third-order valence-corrected chi connectivity index (χ3v) is 2.09. The number of imidazole rings is 1. The van der Waals surface area contributed by atoms with Crippen molar-refractivity contribution in [3.63, 3.8) is 0 Å². The molecular formula is C10H19Br4FeN2+. The summed E-state index contributed by atoms with van der Waals surface area (Å²) in [6, 6.07) is 0. The van der Waals surface area contributed by atoms with Gasteiger partial charge in [-0.3, -0.25) is 0 Å². The molecule has 0 amide bonds. The van der Waals surface area contributed by atoms with Crippen LogP contribution >= 0.6 is 56.4 Å². The van der Waals surface area contributed by atoms with Crippen LogP contribution in [0.3, 0.4) is 0 Å². The van der Waals surface area contributed by atoms with E-state index in [9.17, 15) is 0 Å². The quantitative estimate of drug-likeness (QED) is 0.272. The fraction of sp³-hybridized carbons (Fsp3) is 0.700. The van der Waals surface area contributed by atoms with Crippen LogP contribution in [-0.4, -0.2) is 4.57 Å². The van der Waals surface area contributed by atoms with Gasteiger partial charge < -0.3 is 0 Å². The molecule has 0 aromatic carbocycles. The molecule has 1 aromatic heterocycles. The Balaban J connectivity index is 0.000000437. The predicted molar refractivity (Wildman–Crippen MR) is 85.5 cm³/mol. The average Bonchev–Trinajstić information content (AvgIpc) is 2.56. The molecule has 0 aliphatic carbocycles. The average molecular weight is 543 g/mol. The Morgan fingerprint density at radius 2 is 1.71 bits per heavy atom. The van der Waals surface area contributed by atoms with Crippen LogP contribution in [0.1, 0.15) is 32.6 Å². The third kappa shape index (κ3) is 15.6. The second-order valence-electron chi connectivity index (χ2n) is 3.68. The molecular weight excluding hydrogens is 524 g/mol. The molecule has 1 aromatic rings. The van der Waals surface area contributed by atoms with Crippen LogP contribution < -0.4 is 4.57 Å². The summed E-state index contributed by atoms with van der Waals surface area (Å²) in [7, 11) is 2.06. The molecule has 0 atom stereocenters. The van der Waals surface area contributed by atoms with Crippen molar-refractivity contribution in [2.24, 2.45) is 7.05 Å². The summed E-state index contributed by atoms with van der Waals surface area (Å²) < 4.78 is 4.33. The molecule has 17 heavy (non-hydrogen) atoms. The Morgan fingerprint density at radius 1 is 1.12 bits per heavy atom. The molecule has 0 aliphatic heterocycles.